The first kappa shape index (κ1) is 16.6. The molecule has 0 spiro atoms. The van der Waals surface area contributed by atoms with Gasteiger partial charge in [0.05, 0.1) is 0 Å². The van der Waals surface area contributed by atoms with Crippen LogP contribution in [0.25, 0.3) is 0 Å². The highest BCUT2D eigenvalue weighted by molar-refractivity contribution is 6.29. The van der Waals surface area contributed by atoms with Gasteiger partial charge < -0.3 is 16.0 Å². The van der Waals surface area contributed by atoms with E-state index in [1.54, 1.807) is 6.07 Å². The van der Waals surface area contributed by atoms with Crippen LogP contribution in [0.1, 0.15) is 12.8 Å². The third-order valence-corrected chi connectivity index (χ3v) is 3.55. The Balaban J connectivity index is 1.88. The second kappa shape index (κ2) is 6.55. The smallest absolute Gasteiger partial charge is 0.368 e. The van der Waals surface area contributed by atoms with Crippen molar-refractivity contribution >= 4 is 29.3 Å². The van der Waals surface area contributed by atoms with Gasteiger partial charge in [0.2, 0.25) is 11.9 Å². The second-order valence-corrected chi connectivity index (χ2v) is 5.39. The van der Waals surface area contributed by atoms with Gasteiger partial charge in [-0.1, -0.05) is 11.6 Å². The lowest BCUT2D eigenvalue weighted by molar-refractivity contribution is -0.141. The molecule has 6 nitrogen and oxygen atoms in total. The molecule has 1 fully saturated rings. The Morgan fingerprint density at radius 2 is 2.05 bits per heavy atom. The van der Waals surface area contributed by atoms with Crippen LogP contribution in [0.15, 0.2) is 6.07 Å². The number of carbonyl (C=O) groups excluding carboxylic acids is 1. The van der Waals surface area contributed by atoms with Crippen LogP contribution in [-0.2, 0) is 4.79 Å². The van der Waals surface area contributed by atoms with Gasteiger partial charge >= 0.3 is 6.18 Å². The van der Waals surface area contributed by atoms with Crippen molar-refractivity contribution in [1.82, 2.24) is 15.3 Å². The lowest BCUT2D eigenvalue weighted by Crippen LogP contribution is -2.43. The molecule has 122 valence electrons. The van der Waals surface area contributed by atoms with Crippen molar-refractivity contribution in [2.75, 3.05) is 30.3 Å². The quantitative estimate of drug-likeness (QED) is 0.819. The predicted octanol–water partition coefficient (Wildman–Crippen LogP) is 1.61. The number of piperidine rings is 1. The Hall–Kier alpha value is -1.77. The maximum atomic E-state index is 12.1. The Bertz CT molecular complexity index is 526. The molecule has 0 bridgehead atoms. The number of rotatable bonds is 3. The number of carbonyl (C=O) groups is 1. The van der Waals surface area contributed by atoms with Crippen LogP contribution in [0.4, 0.5) is 24.9 Å². The summed E-state index contributed by atoms with van der Waals surface area (Å²) >= 11 is 5.80. The number of nitrogens with one attached hydrogen (secondary N) is 1. The van der Waals surface area contributed by atoms with Crippen molar-refractivity contribution in [3.63, 3.8) is 0 Å². The Kier molecular flexibility index (Phi) is 4.94. The molecule has 0 aromatic carbocycles. The van der Waals surface area contributed by atoms with Gasteiger partial charge in [0.15, 0.2) is 0 Å². The lowest BCUT2D eigenvalue weighted by atomic mass is 9.96. The summed E-state index contributed by atoms with van der Waals surface area (Å²) < 4.78 is 36.2. The molecule has 0 aliphatic carbocycles. The molecule has 0 atom stereocenters. The van der Waals surface area contributed by atoms with Gasteiger partial charge in [-0.25, -0.2) is 4.98 Å². The number of aromatic nitrogens is 2. The molecule has 0 unspecified atom stereocenters. The molecule has 22 heavy (non-hydrogen) atoms. The van der Waals surface area contributed by atoms with Crippen LogP contribution in [0.5, 0.6) is 0 Å². The average molecular weight is 338 g/mol. The number of nitrogen functional groups attached to an aromatic ring is 1. The average Bonchev–Trinajstić information content (AvgIpc) is 2.43. The number of hydrogen-bond acceptors (Lipinski definition) is 5. The zero-order valence-electron chi connectivity index (χ0n) is 11.5. The van der Waals surface area contributed by atoms with Crippen LogP contribution in [-0.4, -0.2) is 41.7 Å². The number of halogens is 4. The van der Waals surface area contributed by atoms with Crippen molar-refractivity contribution in [3.05, 3.63) is 11.2 Å². The third-order valence-electron chi connectivity index (χ3n) is 3.35. The first-order valence-corrected chi connectivity index (χ1v) is 7.02. The zero-order chi connectivity index (χ0) is 16.3. The number of alkyl halides is 3. The SMILES string of the molecule is Nc1nc(Cl)cc(N2CCC(C(=O)NCC(F)(F)F)CC2)n1. The molecule has 1 amide bonds. The van der Waals surface area contributed by atoms with Crippen molar-refractivity contribution < 1.29 is 18.0 Å². The van der Waals surface area contributed by atoms with Gasteiger partial charge in [0.1, 0.15) is 17.5 Å². The van der Waals surface area contributed by atoms with Gasteiger partial charge in [-0.3, -0.25) is 4.79 Å². The molecule has 0 radical (unpaired) electrons. The van der Waals surface area contributed by atoms with Crippen molar-refractivity contribution in [2.45, 2.75) is 19.0 Å². The maximum Gasteiger partial charge on any atom is 0.405 e. The third kappa shape index (κ3) is 4.62. The predicted molar refractivity (Wildman–Crippen MR) is 75.5 cm³/mol. The molecular formula is C12H15ClF3N5O. The van der Waals surface area contributed by atoms with Crippen LogP contribution in [0, 0.1) is 5.92 Å². The molecule has 3 N–H and O–H groups in total. The van der Waals surface area contributed by atoms with E-state index in [1.165, 1.54) is 0 Å². The summed E-state index contributed by atoms with van der Waals surface area (Å²) in [5.41, 5.74) is 5.52. The van der Waals surface area contributed by atoms with E-state index in [0.717, 1.165) is 0 Å². The molecule has 10 heteroatoms. The summed E-state index contributed by atoms with van der Waals surface area (Å²) in [5.74, 6) is -0.412. The summed E-state index contributed by atoms with van der Waals surface area (Å²) in [7, 11) is 0. The van der Waals surface area contributed by atoms with E-state index in [2.05, 4.69) is 9.97 Å². The Morgan fingerprint density at radius 1 is 1.41 bits per heavy atom. The highest BCUT2D eigenvalue weighted by Gasteiger charge is 2.31. The standard InChI is InChI=1S/C12H15ClF3N5O/c13-8-5-9(20-11(17)19-8)21-3-1-7(2-4-21)10(22)18-6-12(14,15)16/h5,7H,1-4,6H2,(H,18,22)(H2,17,19,20). The Morgan fingerprint density at radius 3 is 2.59 bits per heavy atom. The fourth-order valence-corrected chi connectivity index (χ4v) is 2.47. The van der Waals surface area contributed by atoms with Gasteiger partial charge in [0, 0.05) is 25.1 Å². The minimum Gasteiger partial charge on any atom is -0.368 e. The van der Waals surface area contributed by atoms with Crippen LogP contribution in [0.3, 0.4) is 0 Å². The number of nitrogens with zero attached hydrogens (tertiary/aromatic N) is 3. The van der Waals surface area contributed by atoms with E-state index < -0.39 is 24.5 Å². The van der Waals surface area contributed by atoms with Crippen LogP contribution >= 0.6 is 11.6 Å². The largest absolute Gasteiger partial charge is 0.405 e. The molecule has 2 heterocycles. The van der Waals surface area contributed by atoms with Crippen molar-refractivity contribution in [3.8, 4) is 0 Å². The highest BCUT2D eigenvalue weighted by Crippen LogP contribution is 2.24. The molecule has 2 rings (SSSR count). The highest BCUT2D eigenvalue weighted by atomic mass is 35.5. The molecular weight excluding hydrogens is 323 g/mol. The fraction of sp³-hybridized carbons (Fsp3) is 0.583. The van der Waals surface area contributed by atoms with E-state index in [9.17, 15) is 18.0 Å². The van der Waals surface area contributed by atoms with E-state index in [-0.39, 0.29) is 11.1 Å². The van der Waals surface area contributed by atoms with E-state index in [0.29, 0.717) is 31.7 Å². The van der Waals surface area contributed by atoms with Gasteiger partial charge in [0.25, 0.3) is 0 Å². The van der Waals surface area contributed by atoms with E-state index >= 15 is 0 Å². The first-order chi connectivity index (χ1) is 10.2. The first-order valence-electron chi connectivity index (χ1n) is 6.64. The molecule has 1 aliphatic rings. The van der Waals surface area contributed by atoms with E-state index in [1.807, 2.05) is 10.2 Å². The monoisotopic (exact) mass is 337 g/mol. The van der Waals surface area contributed by atoms with Crippen LogP contribution < -0.4 is 16.0 Å². The zero-order valence-corrected chi connectivity index (χ0v) is 12.3. The minimum absolute atomic E-state index is 0.0487. The maximum absolute atomic E-state index is 12.1. The lowest BCUT2D eigenvalue weighted by Gasteiger charge is -2.32. The number of anilines is 2. The minimum atomic E-state index is -4.40. The van der Waals surface area contributed by atoms with Crippen LogP contribution in [0.2, 0.25) is 5.15 Å². The summed E-state index contributed by atoms with van der Waals surface area (Å²) in [6.45, 7) is -0.335. The van der Waals surface area contributed by atoms with Gasteiger partial charge in [-0.15, -0.1) is 0 Å². The fourth-order valence-electron chi connectivity index (χ4n) is 2.29. The normalized spacial score (nSPS) is 16.6. The Labute approximate surface area is 129 Å². The van der Waals surface area contributed by atoms with E-state index in [4.69, 9.17) is 17.3 Å². The number of hydrogen-bond donors (Lipinski definition) is 2. The molecule has 0 saturated carbocycles. The summed E-state index contributed by atoms with van der Waals surface area (Å²) in [5, 5.41) is 2.13. The van der Waals surface area contributed by atoms with Crippen molar-refractivity contribution in [1.29, 1.82) is 0 Å². The summed E-state index contributed by atoms with van der Waals surface area (Å²) in [4.78, 5) is 21.4. The molecule has 1 aliphatic heterocycles. The van der Waals surface area contributed by atoms with Gasteiger partial charge in [-0.2, -0.15) is 18.2 Å². The molecule has 1 saturated heterocycles. The molecule has 1 aromatic heterocycles. The van der Waals surface area contributed by atoms with Crippen molar-refractivity contribution in [2.24, 2.45) is 5.92 Å². The summed E-state index contributed by atoms with van der Waals surface area (Å²) in [6, 6.07) is 1.56. The molecule has 1 aromatic rings. The topological polar surface area (TPSA) is 84.1 Å². The van der Waals surface area contributed by atoms with Gasteiger partial charge in [-0.05, 0) is 12.8 Å². The number of nitrogens with two attached hydrogens (primary N) is 1. The number of amides is 1. The second-order valence-electron chi connectivity index (χ2n) is 5.00. The summed E-state index contributed by atoms with van der Waals surface area (Å²) in [6.07, 6.45) is -3.53.